The van der Waals surface area contributed by atoms with Gasteiger partial charge in [0.1, 0.15) is 17.9 Å². The summed E-state index contributed by atoms with van der Waals surface area (Å²) in [5.74, 6) is -4.58. The van der Waals surface area contributed by atoms with Crippen LogP contribution in [0.3, 0.4) is 0 Å². The maximum absolute atomic E-state index is 14.3. The van der Waals surface area contributed by atoms with Crippen molar-refractivity contribution in [2.45, 2.75) is 136 Å². The number of carboxylic acids is 1. The van der Waals surface area contributed by atoms with Gasteiger partial charge in [0.2, 0.25) is 24.1 Å². The molecule has 12 rings (SSSR count). The van der Waals surface area contributed by atoms with Crippen LogP contribution in [-0.4, -0.2) is 326 Å². The van der Waals surface area contributed by atoms with E-state index in [0.717, 1.165) is 64.1 Å². The fourth-order valence-electron chi connectivity index (χ4n) is 20.9. The van der Waals surface area contributed by atoms with Gasteiger partial charge in [-0.1, -0.05) is 75.4 Å². The van der Waals surface area contributed by atoms with E-state index >= 15 is 0 Å². The number of aliphatic hydroxyl groups excluding tert-OH is 1. The maximum Gasteiger partial charge on any atom is 0.355 e. The van der Waals surface area contributed by atoms with Crippen LogP contribution in [0.15, 0.2) is 103 Å². The van der Waals surface area contributed by atoms with Gasteiger partial charge in [-0.3, -0.25) is 53.7 Å². The highest BCUT2D eigenvalue weighted by Crippen LogP contribution is 3.03. The van der Waals surface area contributed by atoms with Crippen molar-refractivity contribution in [2.75, 3.05) is 220 Å². The lowest BCUT2D eigenvalue weighted by atomic mass is 9.03. The molecule has 40 nitrogen and oxygen atoms in total. The summed E-state index contributed by atoms with van der Waals surface area (Å²) in [4.78, 5) is 121. The number of urea groups is 1. The summed E-state index contributed by atoms with van der Waals surface area (Å²) < 4.78 is 91.5. The number of amides is 8. The van der Waals surface area contributed by atoms with Gasteiger partial charge in [0, 0.05) is 116 Å². The molecule has 5 heterocycles. The minimum atomic E-state index is -1.41. The second-order valence-electron chi connectivity index (χ2n) is 35.9. The molecule has 6 aliphatic rings. The first-order valence-corrected chi connectivity index (χ1v) is 48.9. The minimum Gasteiger partial charge on any atom is -0.476 e. The van der Waals surface area contributed by atoms with Crippen LogP contribution in [0.2, 0.25) is 0 Å². The van der Waals surface area contributed by atoms with Crippen molar-refractivity contribution in [2.24, 2.45) is 33.3 Å². The maximum atomic E-state index is 14.3. The number of aromatic amines is 1. The van der Waals surface area contributed by atoms with E-state index in [0.29, 0.717) is 240 Å². The zero-order valence-corrected chi connectivity index (χ0v) is 81.2. The molecule has 6 unspecified atom stereocenters. The number of benzene rings is 3. The number of fused-ring (bicyclic) bond motifs is 2. The molecule has 138 heavy (non-hydrogen) atoms. The molecule has 9 atom stereocenters. The number of aromatic nitrogens is 4. The number of hydrogen-bond acceptors (Lipinski definition) is 32. The number of primary amides is 1. The molecule has 1 spiro atoms. The van der Waals surface area contributed by atoms with E-state index in [1.54, 1.807) is 79.2 Å². The van der Waals surface area contributed by atoms with Crippen molar-refractivity contribution in [3.05, 3.63) is 142 Å². The smallest absolute Gasteiger partial charge is 0.355 e. The van der Waals surface area contributed by atoms with E-state index in [-0.39, 0.29) is 91.3 Å². The Hall–Kier alpha value is -9.78. The molecule has 2 aliphatic heterocycles. The Morgan fingerprint density at radius 2 is 1.28 bits per heavy atom. The van der Waals surface area contributed by atoms with Crippen molar-refractivity contribution in [1.29, 1.82) is 5.41 Å². The Bertz CT molecular complexity index is 5010. The number of hydrogen-bond donors (Lipinski definition) is 12. The molecule has 0 bridgehead atoms. The van der Waals surface area contributed by atoms with Crippen molar-refractivity contribution in [3.63, 3.8) is 0 Å². The molecule has 13 N–H and O–H groups in total. The summed E-state index contributed by atoms with van der Waals surface area (Å²) in [6.45, 7) is 22.6. The number of nitrogens with zero attached hydrogens (tertiary/aromatic N) is 6. The van der Waals surface area contributed by atoms with Crippen LogP contribution < -0.4 is 42.5 Å². The number of anilines is 3. The lowest BCUT2D eigenvalue weighted by Gasteiger charge is -3.02. The molecule has 4 aliphatic carbocycles. The number of aromatic carboxylic acids is 1. The molecule has 0 saturated heterocycles. The number of aliphatic hydroxyl groups is 1. The third kappa shape index (κ3) is 27.5. The average molecular weight is 1960 g/mol. The minimum absolute atomic E-state index is 0.0235. The molecule has 0 radical (unpaired) electrons. The summed E-state index contributed by atoms with van der Waals surface area (Å²) in [7, 11) is 1.63. The fourth-order valence-corrected chi connectivity index (χ4v) is 22.1. The molecule has 756 valence electrons. The number of carbonyl (C=O) groups is 8. The first-order chi connectivity index (χ1) is 66.8. The Balaban J connectivity index is 0.537. The average Bonchev–Trinajstić information content (AvgIpc) is 0.712. The zero-order chi connectivity index (χ0) is 98.1. The van der Waals surface area contributed by atoms with Gasteiger partial charge in [-0.15, -0.1) is 0 Å². The van der Waals surface area contributed by atoms with Gasteiger partial charge in [-0.05, 0) is 140 Å². The van der Waals surface area contributed by atoms with Crippen molar-refractivity contribution >= 4 is 109 Å². The summed E-state index contributed by atoms with van der Waals surface area (Å²) in [5.41, 5.74) is 10.3. The Labute approximate surface area is 811 Å². The lowest BCUT2D eigenvalue weighted by molar-refractivity contribution is -0.566. The first kappa shape index (κ1) is 107. The summed E-state index contributed by atoms with van der Waals surface area (Å²) in [6.07, 6.45) is 7.77. The number of thiazole rings is 1. The number of nitrogens with one attached hydrogen (secondary N) is 8. The predicted octanol–water partition coefficient (Wildman–Crippen LogP) is 7.56. The normalized spacial score (nSPS) is 20.4. The number of para-hydroxylation sites is 1. The highest BCUT2D eigenvalue weighted by atomic mass is 32.2. The summed E-state index contributed by atoms with van der Waals surface area (Å²) in [5, 5.41) is 52.2. The molecule has 3 aromatic carbocycles. The van der Waals surface area contributed by atoms with E-state index in [2.05, 4.69) is 55.8 Å². The standard InChI is InChI=1S/C96H135N15O25S2/c1-65(2)83(105-80(112)55-77(111-81(113)22-23-82(111)114)76-58-110(107-76)28-30-124-34-35-126-38-39-128-42-43-130-46-47-132-50-51-134-53-52-133-49-48-131-45-44-129-41-40-127-37-36-125-33-32-123-6)87(117)102-75(14-10-25-99-89(98)120)86(116)101-69-18-16-67(17-19-69)59-135-91(121)108(29-54-137-122)27-31-136-95-62-93(5)60-92(4)61-94(63-95,96(92,93)95)64-100-66(3)72(56-97)70-20-21-79(104-84(70)88(118)119)109-26-24-68-11-9-12-71(73(68)57-109)85(115)106-90-103-74-13-7-8-15-78(74)138-90/h7-9,11-13,15-23,56,58,65,75,77,83,91,97,100,107,121-122H,10,14,24-55,57,59-64H2,1-6H3,(H,101,116)(H,102,117)(H,105,112)(H,118,119)(H3,98,99,120)(H,103,106,115)/b72-66+,97-56?/t75-,77-,83-,91?,92?,93?,94?,95?,96?/m0/s1. The van der Waals surface area contributed by atoms with E-state index in [4.69, 9.17) is 82.4 Å². The molecule has 4 fully saturated rings. The molecular weight excluding hydrogens is 1830 g/mol. The number of rotatable bonds is 70. The lowest BCUT2D eigenvalue weighted by Crippen LogP contribution is -3.01. The zero-order valence-electron chi connectivity index (χ0n) is 79.6. The molecule has 3 aromatic heterocycles. The molecule has 6 aromatic rings. The Kier molecular flexibility index (Phi) is 40.8. The number of imide groups is 1. The monoisotopic (exact) mass is 1960 g/mol. The van der Waals surface area contributed by atoms with E-state index in [1.807, 2.05) is 48.2 Å². The number of pyridine rings is 1. The number of ether oxygens (including phenoxy) is 14. The SMILES string of the molecule is COCCOCCOCCOCCOCCOCCOCCOCCOCCOCCOCCOCCn1cc([C@H](CC(=O)N[C@H](C(=O)N[C@@H](CCCNC(N)=O)C(=O)Nc2ccc(COC(O)N(CCOC34CC5(C)CC6(C)CC(CN/C(C)=C(\C=N)c7ccc(N8CCc9cccc(C(=O)Nc%10nc%11ccccc%11s%10)c9C8)nc7C(=O)O)(C3)C654)CCSO)cc2)C(C)C)N2C(=O)C=CC2=O)[nH]1. The Morgan fingerprint density at radius 1 is 0.681 bits per heavy atom. The van der Waals surface area contributed by atoms with Gasteiger partial charge in [-0.2, -0.15) is 0 Å². The van der Waals surface area contributed by atoms with Crippen LogP contribution in [-0.2, 0) is 116 Å². The van der Waals surface area contributed by atoms with Gasteiger partial charge in [-0.25, -0.2) is 19.6 Å². The van der Waals surface area contributed by atoms with E-state index < -0.39 is 84.0 Å². The van der Waals surface area contributed by atoms with Gasteiger partial charge in [0.25, 0.3) is 17.7 Å². The quantitative estimate of drug-likeness (QED) is 0.00576. The molecular formula is C96H135N15O25S2. The van der Waals surface area contributed by atoms with Gasteiger partial charge >= 0.3 is 12.0 Å². The van der Waals surface area contributed by atoms with Gasteiger partial charge < -0.3 is 124 Å². The number of carbonyl (C=O) groups excluding carboxylic acids is 7. The van der Waals surface area contributed by atoms with Crippen LogP contribution >= 0.6 is 23.4 Å². The molecule has 8 amide bonds. The summed E-state index contributed by atoms with van der Waals surface area (Å²) >= 11 is 2.04. The second-order valence-corrected chi connectivity index (χ2v) is 37.6. The topological polar surface area (TPSA) is 505 Å². The number of H-pyrrole nitrogens is 1. The predicted molar refractivity (Wildman–Crippen MR) is 514 cm³/mol. The number of nitrogens with two attached hydrogens (primary N) is 1. The van der Waals surface area contributed by atoms with E-state index in [9.17, 15) is 53.1 Å². The fraction of sp³-hybridized carbons (Fsp3) is 0.594. The highest BCUT2D eigenvalue weighted by Gasteiger charge is 3.02. The van der Waals surface area contributed by atoms with Gasteiger partial charge in [0.15, 0.2) is 10.8 Å². The largest absolute Gasteiger partial charge is 0.476 e. The third-order valence-electron chi connectivity index (χ3n) is 26.2. The number of methoxy groups -OCH3 is 1. The van der Waals surface area contributed by atoms with Crippen molar-refractivity contribution in [1.82, 2.24) is 50.8 Å². The first-order valence-electron chi connectivity index (χ1n) is 47.1. The summed E-state index contributed by atoms with van der Waals surface area (Å²) in [6, 6.07) is 19.3. The molecule has 42 heteroatoms. The van der Waals surface area contributed by atoms with Gasteiger partial charge in [0.05, 0.1) is 206 Å². The van der Waals surface area contributed by atoms with E-state index in [1.165, 1.54) is 17.6 Å². The van der Waals surface area contributed by atoms with Crippen molar-refractivity contribution < 1.29 is 119 Å². The highest BCUT2D eigenvalue weighted by molar-refractivity contribution is 7.93. The molecule has 4 saturated carbocycles. The number of allylic oxidation sites excluding steroid dienone is 2. The van der Waals surface area contributed by atoms with Crippen LogP contribution in [0.5, 0.6) is 0 Å². The third-order valence-corrected chi connectivity index (χ3v) is 27.5. The Morgan fingerprint density at radius 3 is 1.83 bits per heavy atom. The van der Waals surface area contributed by atoms with Crippen LogP contribution in [0.25, 0.3) is 15.8 Å². The van der Waals surface area contributed by atoms with Crippen molar-refractivity contribution in [3.8, 4) is 0 Å². The van der Waals surface area contributed by atoms with Crippen LogP contribution in [0.4, 0.5) is 21.4 Å². The van der Waals surface area contributed by atoms with Crippen LogP contribution in [0, 0.1) is 33.0 Å². The second kappa shape index (κ2) is 52.6. The number of carboxylic acid groups (broad SMARTS) is 1. The van der Waals surface area contributed by atoms with Crippen LogP contribution in [0.1, 0.15) is 134 Å².